The molecule has 2 N–H and O–H groups in total. The number of nitrogens with one attached hydrogen (secondary N) is 1. The van der Waals surface area contributed by atoms with Crippen LogP contribution in [0.15, 0.2) is 60.8 Å². The number of aliphatic hydroxyl groups is 1. The fourth-order valence-electron chi connectivity index (χ4n) is 4.21. The number of fused-ring (bicyclic) bond motifs is 1. The largest absolute Gasteiger partial charge is 0.418 e. The lowest BCUT2D eigenvalue weighted by Gasteiger charge is -2.26. The molecule has 6 nitrogen and oxygen atoms in total. The van der Waals surface area contributed by atoms with Crippen LogP contribution in [0.5, 0.6) is 0 Å². The number of aromatic nitrogens is 3. The Morgan fingerprint density at radius 3 is 2.27 bits per heavy atom. The summed E-state index contributed by atoms with van der Waals surface area (Å²) in [6.07, 6.45) is -7.34. The zero-order valence-electron chi connectivity index (χ0n) is 21.7. The topological polar surface area (TPSA) is 74.2 Å². The van der Waals surface area contributed by atoms with Crippen molar-refractivity contribution in [1.29, 1.82) is 0 Å². The van der Waals surface area contributed by atoms with Gasteiger partial charge in [-0.1, -0.05) is 0 Å². The van der Waals surface area contributed by atoms with Gasteiger partial charge in [0, 0.05) is 43.0 Å². The van der Waals surface area contributed by atoms with Crippen molar-refractivity contribution in [3.05, 3.63) is 77.6 Å². The molecule has 40 heavy (non-hydrogen) atoms. The molecule has 0 fully saturated rings. The van der Waals surface area contributed by atoms with Crippen LogP contribution >= 0.6 is 0 Å². The van der Waals surface area contributed by atoms with Crippen LogP contribution in [0.3, 0.4) is 0 Å². The summed E-state index contributed by atoms with van der Waals surface area (Å²) in [5.41, 5.74) is -0.556. The van der Waals surface area contributed by atoms with Gasteiger partial charge < -0.3 is 10.4 Å². The Bertz CT molecular complexity index is 1450. The average Bonchev–Trinajstić information content (AvgIpc) is 2.90. The summed E-state index contributed by atoms with van der Waals surface area (Å²) in [4.78, 5) is 15.0. The van der Waals surface area contributed by atoms with E-state index in [1.165, 1.54) is 30.5 Å². The fourth-order valence-corrected chi connectivity index (χ4v) is 4.21. The lowest BCUT2D eigenvalue weighted by molar-refractivity contribution is -0.138. The van der Waals surface area contributed by atoms with Gasteiger partial charge in [-0.2, -0.15) is 26.3 Å². The molecule has 0 spiro atoms. The Hall–Kier alpha value is -3.77. The number of aliphatic hydroxyl groups excluding tert-OH is 1. The summed E-state index contributed by atoms with van der Waals surface area (Å²) in [5, 5.41) is 12.8. The molecule has 0 unspecified atom stereocenters. The number of pyridine rings is 3. The van der Waals surface area contributed by atoms with Crippen molar-refractivity contribution in [2.24, 2.45) is 0 Å². The number of hydrogen-bond donors (Lipinski definition) is 2. The summed E-state index contributed by atoms with van der Waals surface area (Å²) >= 11 is 0. The van der Waals surface area contributed by atoms with E-state index in [-0.39, 0.29) is 29.7 Å². The first-order valence-electron chi connectivity index (χ1n) is 12.5. The minimum Gasteiger partial charge on any atom is -0.396 e. The summed E-state index contributed by atoms with van der Waals surface area (Å²) < 4.78 is 80.1. The lowest BCUT2D eigenvalue weighted by Crippen LogP contribution is -2.32. The molecular weight excluding hydrogens is 536 g/mol. The van der Waals surface area contributed by atoms with Crippen LogP contribution in [0.1, 0.15) is 37.1 Å². The van der Waals surface area contributed by atoms with Gasteiger partial charge >= 0.3 is 12.4 Å². The molecule has 0 saturated heterocycles. The quantitative estimate of drug-likeness (QED) is 0.212. The number of rotatable bonds is 9. The van der Waals surface area contributed by atoms with Crippen molar-refractivity contribution in [1.82, 2.24) is 19.9 Å². The summed E-state index contributed by atoms with van der Waals surface area (Å²) in [6, 6.07) is 11.4. The summed E-state index contributed by atoms with van der Waals surface area (Å²) in [7, 11) is 0. The van der Waals surface area contributed by atoms with Gasteiger partial charge in [-0.25, -0.2) is 9.97 Å². The highest BCUT2D eigenvalue weighted by Crippen LogP contribution is 2.36. The van der Waals surface area contributed by atoms with Gasteiger partial charge in [0.15, 0.2) is 5.65 Å². The maximum absolute atomic E-state index is 13.7. The van der Waals surface area contributed by atoms with Gasteiger partial charge in [-0.05, 0) is 74.9 Å². The van der Waals surface area contributed by atoms with E-state index in [1.807, 2.05) is 13.8 Å². The molecule has 3 heterocycles. The molecule has 12 heteroatoms. The molecule has 4 rings (SSSR count). The molecule has 0 atom stereocenters. The fraction of sp³-hybridized carbons (Fsp3) is 0.321. The van der Waals surface area contributed by atoms with Crippen LogP contribution in [0.2, 0.25) is 0 Å². The van der Waals surface area contributed by atoms with Crippen molar-refractivity contribution in [3.8, 4) is 11.4 Å². The third-order valence-corrected chi connectivity index (χ3v) is 6.27. The molecule has 0 amide bonds. The first kappa shape index (κ1) is 29.2. The zero-order chi connectivity index (χ0) is 29.1. The van der Waals surface area contributed by atoms with E-state index < -0.39 is 23.5 Å². The average molecular weight is 564 g/mol. The number of nitrogens with zero attached hydrogens (tertiary/aromatic N) is 4. The monoisotopic (exact) mass is 563 g/mol. The first-order chi connectivity index (χ1) is 18.9. The highest BCUT2D eigenvalue weighted by atomic mass is 19.4. The Kier molecular flexibility index (Phi) is 8.59. The van der Waals surface area contributed by atoms with E-state index in [4.69, 9.17) is 0 Å². The van der Waals surface area contributed by atoms with Crippen LogP contribution in [-0.2, 0) is 18.9 Å². The van der Waals surface area contributed by atoms with Gasteiger partial charge in [-0.3, -0.25) is 9.88 Å². The summed E-state index contributed by atoms with van der Waals surface area (Å²) in [6.45, 7) is 4.89. The van der Waals surface area contributed by atoms with Crippen LogP contribution in [0.25, 0.3) is 22.4 Å². The highest BCUT2D eigenvalue weighted by molar-refractivity contribution is 5.92. The second-order valence-electron chi connectivity index (χ2n) is 9.47. The van der Waals surface area contributed by atoms with Crippen molar-refractivity contribution in [2.75, 3.05) is 18.5 Å². The molecule has 1 aromatic carbocycles. The molecule has 212 valence electrons. The zero-order valence-corrected chi connectivity index (χ0v) is 21.7. The molecule has 0 bridgehead atoms. The minimum absolute atomic E-state index is 0.00558. The minimum atomic E-state index is -4.64. The van der Waals surface area contributed by atoms with Gasteiger partial charge in [0.2, 0.25) is 0 Å². The van der Waals surface area contributed by atoms with Crippen molar-refractivity contribution in [2.45, 2.75) is 45.2 Å². The maximum Gasteiger partial charge on any atom is 0.418 e. The van der Waals surface area contributed by atoms with Crippen LogP contribution in [-0.4, -0.2) is 44.2 Å². The second-order valence-corrected chi connectivity index (χ2v) is 9.47. The van der Waals surface area contributed by atoms with Gasteiger partial charge in [-0.15, -0.1) is 0 Å². The third kappa shape index (κ3) is 6.86. The molecular formula is C28H27F6N5O. The van der Waals surface area contributed by atoms with E-state index >= 15 is 0 Å². The molecule has 3 aromatic heterocycles. The van der Waals surface area contributed by atoms with E-state index in [0.717, 1.165) is 18.2 Å². The van der Waals surface area contributed by atoms with Crippen molar-refractivity contribution < 1.29 is 31.4 Å². The van der Waals surface area contributed by atoms with Crippen molar-refractivity contribution in [3.63, 3.8) is 0 Å². The molecule has 0 saturated carbocycles. The maximum atomic E-state index is 13.7. The van der Waals surface area contributed by atoms with Crippen LogP contribution < -0.4 is 5.32 Å². The molecule has 0 aliphatic carbocycles. The van der Waals surface area contributed by atoms with Crippen molar-refractivity contribution >= 4 is 22.4 Å². The Balaban J connectivity index is 1.81. The number of hydrogen-bond acceptors (Lipinski definition) is 6. The van der Waals surface area contributed by atoms with E-state index in [9.17, 15) is 31.4 Å². The van der Waals surface area contributed by atoms with E-state index in [0.29, 0.717) is 42.0 Å². The second kappa shape index (κ2) is 11.8. The van der Waals surface area contributed by atoms with Crippen LogP contribution in [0, 0.1) is 0 Å². The lowest BCUT2D eigenvalue weighted by atomic mass is 10.1. The smallest absolute Gasteiger partial charge is 0.396 e. The van der Waals surface area contributed by atoms with Crippen LogP contribution in [0.4, 0.5) is 37.7 Å². The highest BCUT2D eigenvalue weighted by Gasteiger charge is 2.35. The molecule has 0 radical (unpaired) electrons. The molecule has 4 aromatic rings. The predicted molar refractivity (Wildman–Crippen MR) is 140 cm³/mol. The normalized spacial score (nSPS) is 12.5. The SMILES string of the molecule is CC(C)N(CCCO)Cc1cc(Nc2ccc(C(F)(F)F)cc2)c2ccc(-c3ncccc3C(F)(F)F)nc2n1. The Morgan fingerprint density at radius 1 is 0.925 bits per heavy atom. The number of halogens is 6. The number of anilines is 2. The summed E-state index contributed by atoms with van der Waals surface area (Å²) in [5.74, 6) is 0. The van der Waals surface area contributed by atoms with E-state index in [2.05, 4.69) is 25.2 Å². The van der Waals surface area contributed by atoms with Gasteiger partial charge in [0.05, 0.1) is 28.2 Å². The Labute approximate surface area is 226 Å². The number of benzene rings is 1. The third-order valence-electron chi connectivity index (χ3n) is 6.27. The first-order valence-corrected chi connectivity index (χ1v) is 12.5. The van der Waals surface area contributed by atoms with E-state index in [1.54, 1.807) is 12.1 Å². The standard InChI is InChI=1S/C28H27F6N5O/c1-17(2)39(13-4-14-40)16-20-15-24(36-19-8-6-18(7-9-19)27(29,30)31)21-10-11-23(38-26(21)37-20)25-22(28(32,33)34)5-3-12-35-25/h3,5-12,15,17,40H,4,13-14,16H2,1-2H3,(H,36,37,38). The van der Waals surface area contributed by atoms with Gasteiger partial charge in [0.25, 0.3) is 0 Å². The molecule has 0 aliphatic rings. The Morgan fingerprint density at radius 2 is 1.65 bits per heavy atom. The number of alkyl halides is 6. The van der Waals surface area contributed by atoms with Gasteiger partial charge in [0.1, 0.15) is 5.69 Å². The predicted octanol–water partition coefficient (Wildman–Crippen LogP) is 7.07. The molecule has 0 aliphatic heterocycles.